The quantitative estimate of drug-likeness (QED) is 0.519. The number of para-hydroxylation sites is 1. The van der Waals surface area contributed by atoms with Crippen molar-refractivity contribution in [2.45, 2.75) is 6.92 Å². The average Bonchev–Trinajstić information content (AvgIpc) is 2.84. The molecule has 0 aliphatic carbocycles. The van der Waals surface area contributed by atoms with Crippen LogP contribution in [-0.2, 0) is 0 Å². The molecule has 3 heteroatoms. The fourth-order valence-electron chi connectivity index (χ4n) is 2.67. The summed E-state index contributed by atoms with van der Waals surface area (Å²) in [5.41, 5.74) is 3.17. The summed E-state index contributed by atoms with van der Waals surface area (Å²) in [5.74, 6) is 0. The summed E-state index contributed by atoms with van der Waals surface area (Å²) >= 11 is 0. The van der Waals surface area contributed by atoms with Gasteiger partial charge in [0.15, 0.2) is 0 Å². The standard InChI is InChI=1S/C17H13N3/c1-12-14-7-4-5-9-16(14)20(19-12)17-11-18-10-13-6-2-3-8-15(13)17/h2-11H,1H3. The van der Waals surface area contributed by atoms with E-state index in [1.54, 1.807) is 0 Å². The molecular formula is C17H13N3. The van der Waals surface area contributed by atoms with Crippen molar-refractivity contribution in [1.29, 1.82) is 0 Å². The summed E-state index contributed by atoms with van der Waals surface area (Å²) < 4.78 is 1.99. The number of rotatable bonds is 1. The fourth-order valence-corrected chi connectivity index (χ4v) is 2.67. The molecule has 4 rings (SSSR count). The number of hydrogen-bond donors (Lipinski definition) is 0. The van der Waals surface area contributed by atoms with E-state index in [9.17, 15) is 0 Å². The van der Waals surface area contributed by atoms with Crippen LogP contribution in [0.25, 0.3) is 27.4 Å². The molecule has 0 aliphatic heterocycles. The van der Waals surface area contributed by atoms with E-state index in [2.05, 4.69) is 34.3 Å². The van der Waals surface area contributed by atoms with Crippen molar-refractivity contribution in [3.8, 4) is 5.69 Å². The van der Waals surface area contributed by atoms with Gasteiger partial charge < -0.3 is 0 Å². The molecule has 0 fully saturated rings. The van der Waals surface area contributed by atoms with Gasteiger partial charge in [-0.2, -0.15) is 5.10 Å². The maximum absolute atomic E-state index is 4.69. The fraction of sp³-hybridized carbons (Fsp3) is 0.0588. The highest BCUT2D eigenvalue weighted by molar-refractivity contribution is 5.92. The summed E-state index contributed by atoms with van der Waals surface area (Å²) in [4.78, 5) is 4.34. The van der Waals surface area contributed by atoms with E-state index in [1.165, 1.54) is 5.39 Å². The number of benzene rings is 2. The lowest BCUT2D eigenvalue weighted by Crippen LogP contribution is -1.98. The molecule has 96 valence electrons. The smallest absolute Gasteiger partial charge is 0.0914 e. The van der Waals surface area contributed by atoms with Crippen LogP contribution in [0.1, 0.15) is 5.69 Å². The number of nitrogens with zero attached hydrogens (tertiary/aromatic N) is 3. The van der Waals surface area contributed by atoms with Gasteiger partial charge in [-0.05, 0) is 13.0 Å². The third-order valence-electron chi connectivity index (χ3n) is 3.65. The van der Waals surface area contributed by atoms with E-state index < -0.39 is 0 Å². The van der Waals surface area contributed by atoms with Gasteiger partial charge in [0.2, 0.25) is 0 Å². The molecule has 0 spiro atoms. The number of aromatic nitrogens is 3. The van der Waals surface area contributed by atoms with Crippen molar-refractivity contribution in [2.24, 2.45) is 0 Å². The Kier molecular flexibility index (Phi) is 2.33. The molecule has 3 nitrogen and oxygen atoms in total. The summed E-state index contributed by atoms with van der Waals surface area (Å²) in [6, 6.07) is 16.5. The number of fused-ring (bicyclic) bond motifs is 2. The highest BCUT2D eigenvalue weighted by Crippen LogP contribution is 2.25. The molecular weight excluding hydrogens is 246 g/mol. The van der Waals surface area contributed by atoms with Crippen molar-refractivity contribution >= 4 is 21.7 Å². The topological polar surface area (TPSA) is 30.7 Å². The van der Waals surface area contributed by atoms with Crippen molar-refractivity contribution in [3.63, 3.8) is 0 Å². The molecule has 0 N–H and O–H groups in total. The van der Waals surface area contributed by atoms with Crippen LogP contribution in [0, 0.1) is 6.92 Å². The van der Waals surface area contributed by atoms with Gasteiger partial charge in [-0.15, -0.1) is 0 Å². The van der Waals surface area contributed by atoms with E-state index in [0.717, 1.165) is 27.7 Å². The molecule has 0 bridgehead atoms. The SMILES string of the molecule is Cc1nn(-c2cncc3ccccc23)c2ccccc12. The van der Waals surface area contributed by atoms with Crippen LogP contribution >= 0.6 is 0 Å². The molecule has 0 saturated heterocycles. The van der Waals surface area contributed by atoms with E-state index >= 15 is 0 Å². The lowest BCUT2D eigenvalue weighted by Gasteiger charge is -2.07. The van der Waals surface area contributed by atoms with Crippen molar-refractivity contribution in [1.82, 2.24) is 14.8 Å². The van der Waals surface area contributed by atoms with E-state index in [0.29, 0.717) is 0 Å². The Hall–Kier alpha value is -2.68. The Morgan fingerprint density at radius 3 is 2.50 bits per heavy atom. The molecule has 0 radical (unpaired) electrons. The molecule has 2 aromatic heterocycles. The van der Waals surface area contributed by atoms with Gasteiger partial charge in [0, 0.05) is 22.4 Å². The van der Waals surface area contributed by atoms with Crippen LogP contribution in [0.2, 0.25) is 0 Å². The zero-order valence-electron chi connectivity index (χ0n) is 11.1. The average molecular weight is 259 g/mol. The van der Waals surface area contributed by atoms with E-state index in [1.807, 2.05) is 48.3 Å². The zero-order chi connectivity index (χ0) is 13.5. The first-order chi connectivity index (χ1) is 9.84. The van der Waals surface area contributed by atoms with Gasteiger partial charge in [0.05, 0.1) is 23.1 Å². The molecule has 0 amide bonds. The van der Waals surface area contributed by atoms with Crippen LogP contribution in [-0.4, -0.2) is 14.8 Å². The second-order valence-corrected chi connectivity index (χ2v) is 4.89. The van der Waals surface area contributed by atoms with Crippen LogP contribution in [0.4, 0.5) is 0 Å². The number of hydrogen-bond acceptors (Lipinski definition) is 2. The van der Waals surface area contributed by atoms with E-state index in [4.69, 9.17) is 0 Å². The Balaban J connectivity index is 2.12. The minimum atomic E-state index is 1.02. The Labute approximate surface area is 116 Å². The normalized spacial score (nSPS) is 11.2. The van der Waals surface area contributed by atoms with E-state index in [-0.39, 0.29) is 0 Å². The maximum Gasteiger partial charge on any atom is 0.0914 e. The van der Waals surface area contributed by atoms with Gasteiger partial charge in [0.1, 0.15) is 0 Å². The highest BCUT2D eigenvalue weighted by atomic mass is 15.3. The van der Waals surface area contributed by atoms with Crippen LogP contribution in [0.5, 0.6) is 0 Å². The van der Waals surface area contributed by atoms with Crippen molar-refractivity contribution in [2.75, 3.05) is 0 Å². The first kappa shape index (κ1) is 11.2. The van der Waals surface area contributed by atoms with Gasteiger partial charge >= 0.3 is 0 Å². The number of pyridine rings is 1. The lowest BCUT2D eigenvalue weighted by atomic mass is 10.1. The zero-order valence-corrected chi connectivity index (χ0v) is 11.1. The minimum Gasteiger partial charge on any atom is -0.262 e. The predicted octanol–water partition coefficient (Wildman–Crippen LogP) is 3.88. The molecule has 4 aromatic rings. The van der Waals surface area contributed by atoms with Crippen molar-refractivity contribution in [3.05, 3.63) is 66.6 Å². The maximum atomic E-state index is 4.69. The summed E-state index contributed by atoms with van der Waals surface area (Å²) in [6.07, 6.45) is 3.76. The van der Waals surface area contributed by atoms with Gasteiger partial charge in [-0.1, -0.05) is 42.5 Å². The molecule has 0 aliphatic rings. The number of aryl methyl sites for hydroxylation is 1. The lowest BCUT2D eigenvalue weighted by molar-refractivity contribution is 0.890. The van der Waals surface area contributed by atoms with Crippen LogP contribution in [0.15, 0.2) is 60.9 Å². The first-order valence-corrected chi connectivity index (χ1v) is 6.62. The summed E-state index contributed by atoms with van der Waals surface area (Å²) in [7, 11) is 0. The largest absolute Gasteiger partial charge is 0.262 e. The second-order valence-electron chi connectivity index (χ2n) is 4.89. The molecule has 2 heterocycles. The van der Waals surface area contributed by atoms with Crippen LogP contribution in [0.3, 0.4) is 0 Å². The summed E-state index contributed by atoms with van der Waals surface area (Å²) in [6.45, 7) is 2.04. The van der Waals surface area contributed by atoms with Crippen LogP contribution < -0.4 is 0 Å². The molecule has 0 unspecified atom stereocenters. The van der Waals surface area contributed by atoms with Gasteiger partial charge in [0.25, 0.3) is 0 Å². The summed E-state index contributed by atoms with van der Waals surface area (Å²) in [5, 5.41) is 8.16. The first-order valence-electron chi connectivity index (χ1n) is 6.62. The Bertz CT molecular complexity index is 916. The molecule has 0 atom stereocenters. The van der Waals surface area contributed by atoms with Crippen molar-refractivity contribution < 1.29 is 0 Å². The minimum absolute atomic E-state index is 1.02. The Morgan fingerprint density at radius 1 is 0.850 bits per heavy atom. The third-order valence-corrected chi connectivity index (χ3v) is 3.65. The van der Waals surface area contributed by atoms with Gasteiger partial charge in [-0.25, -0.2) is 4.68 Å². The molecule has 0 saturated carbocycles. The highest BCUT2D eigenvalue weighted by Gasteiger charge is 2.10. The molecule has 20 heavy (non-hydrogen) atoms. The van der Waals surface area contributed by atoms with Gasteiger partial charge in [-0.3, -0.25) is 4.98 Å². The monoisotopic (exact) mass is 259 g/mol. The second kappa shape index (κ2) is 4.17. The molecule has 2 aromatic carbocycles. The predicted molar refractivity (Wildman–Crippen MR) is 81.1 cm³/mol. The third kappa shape index (κ3) is 1.53. The Morgan fingerprint density at radius 2 is 1.60 bits per heavy atom.